The largest absolute Gasteiger partial charge is 0.477 e. The maximum atomic E-state index is 11.4. The van der Waals surface area contributed by atoms with Crippen LogP contribution in [0.4, 0.5) is 0 Å². The molecule has 5 heteroatoms. The summed E-state index contributed by atoms with van der Waals surface area (Å²) in [6.07, 6.45) is 4.95. The molecule has 0 aromatic carbocycles. The smallest absolute Gasteiger partial charge is 0.352 e. The summed E-state index contributed by atoms with van der Waals surface area (Å²) in [5.74, 6) is 0.568. The van der Waals surface area contributed by atoms with E-state index in [4.69, 9.17) is 0 Å². The molecule has 3 heterocycles. The van der Waals surface area contributed by atoms with Crippen molar-refractivity contribution in [2.45, 2.75) is 26.2 Å². The zero-order valence-electron chi connectivity index (χ0n) is 12.3. The lowest BCUT2D eigenvalue weighted by atomic mass is 9.93. The van der Waals surface area contributed by atoms with Crippen LogP contribution < -0.4 is 0 Å². The van der Waals surface area contributed by atoms with Crippen LogP contribution in [0.1, 0.15) is 36.1 Å². The Morgan fingerprint density at radius 1 is 1.38 bits per heavy atom. The van der Waals surface area contributed by atoms with E-state index in [9.17, 15) is 9.90 Å². The van der Waals surface area contributed by atoms with Crippen LogP contribution in [0.5, 0.6) is 0 Å². The third-order valence-corrected chi connectivity index (χ3v) is 4.47. The standard InChI is InChI=1S/C16H21N3O2/c1-2-18-8-6-12(7-9-18)10-15-17-11-13-4-3-5-14(16(20)21)19(13)15/h3-5,11-12H,2,6-10H2,1H3,(H,20,21). The number of piperidine rings is 1. The molecule has 2 aromatic rings. The van der Waals surface area contributed by atoms with E-state index in [2.05, 4.69) is 16.8 Å². The monoisotopic (exact) mass is 287 g/mol. The number of hydrogen-bond acceptors (Lipinski definition) is 3. The maximum absolute atomic E-state index is 11.4. The molecule has 0 atom stereocenters. The number of imidazole rings is 1. The molecule has 0 spiro atoms. The zero-order valence-corrected chi connectivity index (χ0v) is 12.3. The Bertz CT molecular complexity index is 642. The number of carbonyl (C=O) groups is 1. The lowest BCUT2D eigenvalue weighted by Crippen LogP contribution is -2.34. The number of pyridine rings is 1. The van der Waals surface area contributed by atoms with E-state index in [1.807, 2.05) is 6.07 Å². The SMILES string of the molecule is CCN1CCC(Cc2ncc3cccc(C(=O)O)n23)CC1. The molecule has 1 aliphatic rings. The minimum absolute atomic E-state index is 0.297. The highest BCUT2D eigenvalue weighted by Crippen LogP contribution is 2.22. The van der Waals surface area contributed by atoms with Gasteiger partial charge < -0.3 is 10.0 Å². The molecule has 0 amide bonds. The number of hydrogen-bond donors (Lipinski definition) is 1. The summed E-state index contributed by atoms with van der Waals surface area (Å²) in [5, 5.41) is 9.34. The van der Waals surface area contributed by atoms with Crippen molar-refractivity contribution in [1.29, 1.82) is 0 Å². The lowest BCUT2D eigenvalue weighted by molar-refractivity contribution is 0.0688. The molecule has 21 heavy (non-hydrogen) atoms. The Morgan fingerprint density at radius 2 is 2.14 bits per heavy atom. The number of nitrogens with zero attached hydrogens (tertiary/aromatic N) is 3. The first kappa shape index (κ1) is 14.1. The maximum Gasteiger partial charge on any atom is 0.352 e. The van der Waals surface area contributed by atoms with E-state index in [0.29, 0.717) is 11.6 Å². The summed E-state index contributed by atoms with van der Waals surface area (Å²) in [4.78, 5) is 18.3. The van der Waals surface area contributed by atoms with Crippen LogP contribution in [0, 0.1) is 5.92 Å². The number of aromatic carboxylic acids is 1. The predicted molar refractivity (Wildman–Crippen MR) is 80.7 cm³/mol. The summed E-state index contributed by atoms with van der Waals surface area (Å²) in [6, 6.07) is 5.31. The Morgan fingerprint density at radius 3 is 2.81 bits per heavy atom. The number of rotatable bonds is 4. The van der Waals surface area contributed by atoms with Crippen LogP contribution in [0.15, 0.2) is 24.4 Å². The van der Waals surface area contributed by atoms with Crippen molar-refractivity contribution in [3.05, 3.63) is 35.9 Å². The summed E-state index contributed by atoms with van der Waals surface area (Å²) in [6.45, 7) is 5.58. The first-order valence-electron chi connectivity index (χ1n) is 7.60. The molecule has 1 fully saturated rings. The molecule has 2 aromatic heterocycles. The van der Waals surface area contributed by atoms with Crippen molar-refractivity contribution >= 4 is 11.5 Å². The van der Waals surface area contributed by atoms with Gasteiger partial charge in [-0.2, -0.15) is 0 Å². The number of carboxylic acid groups (broad SMARTS) is 1. The highest BCUT2D eigenvalue weighted by Gasteiger charge is 2.21. The highest BCUT2D eigenvalue weighted by molar-refractivity contribution is 5.86. The average Bonchev–Trinajstić information content (AvgIpc) is 2.91. The third kappa shape index (κ3) is 2.78. The topological polar surface area (TPSA) is 57.8 Å². The zero-order chi connectivity index (χ0) is 14.8. The molecule has 0 aliphatic carbocycles. The molecule has 5 nitrogen and oxygen atoms in total. The summed E-state index contributed by atoms with van der Waals surface area (Å²) < 4.78 is 1.79. The minimum Gasteiger partial charge on any atom is -0.477 e. The van der Waals surface area contributed by atoms with Crippen LogP contribution in [-0.4, -0.2) is 45.0 Å². The summed E-state index contributed by atoms with van der Waals surface area (Å²) in [7, 11) is 0. The molecule has 112 valence electrons. The highest BCUT2D eigenvalue weighted by atomic mass is 16.4. The first-order valence-corrected chi connectivity index (χ1v) is 7.60. The van der Waals surface area contributed by atoms with Crippen LogP contribution in [0.25, 0.3) is 5.52 Å². The van der Waals surface area contributed by atoms with Crippen LogP contribution in [0.3, 0.4) is 0 Å². The number of fused-ring (bicyclic) bond motifs is 1. The van der Waals surface area contributed by atoms with Gasteiger partial charge in [0.05, 0.1) is 11.7 Å². The first-order chi connectivity index (χ1) is 10.2. The molecular formula is C16H21N3O2. The van der Waals surface area contributed by atoms with Gasteiger partial charge in [0.15, 0.2) is 0 Å². The number of carboxylic acids is 1. The Kier molecular flexibility index (Phi) is 3.92. The van der Waals surface area contributed by atoms with Crippen molar-refractivity contribution in [3.63, 3.8) is 0 Å². The van der Waals surface area contributed by atoms with E-state index < -0.39 is 5.97 Å². The van der Waals surface area contributed by atoms with Gasteiger partial charge in [-0.25, -0.2) is 9.78 Å². The van der Waals surface area contributed by atoms with Crippen molar-refractivity contribution in [2.24, 2.45) is 5.92 Å². The second-order valence-corrected chi connectivity index (χ2v) is 5.73. The molecule has 0 saturated carbocycles. The molecule has 1 aliphatic heterocycles. The summed E-state index contributed by atoms with van der Waals surface area (Å²) in [5.41, 5.74) is 1.15. The van der Waals surface area contributed by atoms with Gasteiger partial charge in [-0.3, -0.25) is 4.40 Å². The van der Waals surface area contributed by atoms with Crippen molar-refractivity contribution in [2.75, 3.05) is 19.6 Å². The van der Waals surface area contributed by atoms with E-state index in [-0.39, 0.29) is 0 Å². The Labute approximate surface area is 124 Å². The summed E-state index contributed by atoms with van der Waals surface area (Å²) >= 11 is 0. The molecule has 0 radical (unpaired) electrons. The quantitative estimate of drug-likeness (QED) is 0.937. The molecule has 1 saturated heterocycles. The molecule has 1 N–H and O–H groups in total. The predicted octanol–water partition coefficient (Wildman–Crippen LogP) is 2.31. The van der Waals surface area contributed by atoms with Gasteiger partial charge in [0, 0.05) is 6.42 Å². The minimum atomic E-state index is -0.902. The molecule has 0 unspecified atom stereocenters. The van der Waals surface area contributed by atoms with Gasteiger partial charge in [-0.15, -0.1) is 0 Å². The molecule has 3 rings (SSSR count). The van der Waals surface area contributed by atoms with Crippen LogP contribution in [0.2, 0.25) is 0 Å². The van der Waals surface area contributed by atoms with E-state index >= 15 is 0 Å². The Hall–Kier alpha value is -1.88. The molecule has 0 bridgehead atoms. The van der Waals surface area contributed by atoms with Crippen LogP contribution >= 0.6 is 0 Å². The van der Waals surface area contributed by atoms with Gasteiger partial charge in [0.1, 0.15) is 11.5 Å². The van der Waals surface area contributed by atoms with Crippen molar-refractivity contribution < 1.29 is 9.90 Å². The van der Waals surface area contributed by atoms with E-state index in [1.54, 1.807) is 22.7 Å². The van der Waals surface area contributed by atoms with Crippen molar-refractivity contribution in [1.82, 2.24) is 14.3 Å². The van der Waals surface area contributed by atoms with E-state index in [0.717, 1.165) is 50.2 Å². The lowest BCUT2D eigenvalue weighted by Gasteiger charge is -2.30. The number of aromatic nitrogens is 2. The van der Waals surface area contributed by atoms with E-state index in [1.165, 1.54) is 0 Å². The third-order valence-electron chi connectivity index (χ3n) is 4.47. The van der Waals surface area contributed by atoms with Gasteiger partial charge in [-0.1, -0.05) is 13.0 Å². The Balaban J connectivity index is 1.83. The average molecular weight is 287 g/mol. The fraction of sp³-hybridized carbons (Fsp3) is 0.500. The second-order valence-electron chi connectivity index (χ2n) is 5.73. The van der Waals surface area contributed by atoms with Gasteiger partial charge in [-0.05, 0) is 50.5 Å². The van der Waals surface area contributed by atoms with Crippen molar-refractivity contribution in [3.8, 4) is 0 Å². The fourth-order valence-corrected chi connectivity index (χ4v) is 3.19. The van der Waals surface area contributed by atoms with Gasteiger partial charge >= 0.3 is 5.97 Å². The van der Waals surface area contributed by atoms with Gasteiger partial charge in [0.25, 0.3) is 0 Å². The normalized spacial score (nSPS) is 17.4. The number of likely N-dealkylation sites (tertiary alicyclic amines) is 1. The second kappa shape index (κ2) is 5.85. The van der Waals surface area contributed by atoms with Crippen LogP contribution in [-0.2, 0) is 6.42 Å². The molecular weight excluding hydrogens is 266 g/mol. The van der Waals surface area contributed by atoms with Gasteiger partial charge in [0.2, 0.25) is 0 Å². The fourth-order valence-electron chi connectivity index (χ4n) is 3.19.